The smallest absolute Gasteiger partial charge is 0.224 e. The fourth-order valence-electron chi connectivity index (χ4n) is 1.79. The van der Waals surface area contributed by atoms with E-state index >= 15 is 0 Å². The van der Waals surface area contributed by atoms with E-state index in [1.807, 2.05) is 59.4 Å². The lowest BCUT2D eigenvalue weighted by atomic mass is 10.1. The zero-order chi connectivity index (χ0) is 13.2. The molecule has 3 nitrogen and oxygen atoms in total. The van der Waals surface area contributed by atoms with Crippen molar-refractivity contribution in [1.29, 1.82) is 0 Å². The average molecular weight is 290 g/mol. The van der Waals surface area contributed by atoms with Crippen molar-refractivity contribution in [3.63, 3.8) is 0 Å². The summed E-state index contributed by atoms with van der Waals surface area (Å²) in [5.74, 6) is 0.731. The fraction of sp³-hybridized carbons (Fsp3) is 0. The third kappa shape index (κ3) is 2.62. The van der Waals surface area contributed by atoms with E-state index in [0.717, 1.165) is 17.1 Å². The van der Waals surface area contributed by atoms with Crippen molar-refractivity contribution in [3.05, 3.63) is 65.2 Å². The SMILES string of the molecule is Clc1ccc(-c2cc(-n3cccc3)nc(Cl)n2)cc1. The Hall–Kier alpha value is -1.84. The maximum Gasteiger partial charge on any atom is 0.224 e. The minimum absolute atomic E-state index is 0.219. The Morgan fingerprint density at radius 2 is 1.58 bits per heavy atom. The van der Waals surface area contributed by atoms with Gasteiger partial charge >= 0.3 is 0 Å². The van der Waals surface area contributed by atoms with Crippen LogP contribution in [0.5, 0.6) is 0 Å². The molecule has 5 heteroatoms. The molecule has 0 amide bonds. The molecular formula is C14H9Cl2N3. The number of benzene rings is 1. The van der Waals surface area contributed by atoms with Gasteiger partial charge in [0.05, 0.1) is 5.69 Å². The lowest BCUT2D eigenvalue weighted by Crippen LogP contribution is -1.97. The van der Waals surface area contributed by atoms with Crippen molar-refractivity contribution in [2.75, 3.05) is 0 Å². The number of aromatic nitrogens is 3. The van der Waals surface area contributed by atoms with Gasteiger partial charge in [0.15, 0.2) is 0 Å². The molecule has 0 radical (unpaired) electrons. The van der Waals surface area contributed by atoms with Crippen LogP contribution >= 0.6 is 23.2 Å². The highest BCUT2D eigenvalue weighted by Crippen LogP contribution is 2.22. The highest BCUT2D eigenvalue weighted by molar-refractivity contribution is 6.30. The number of halogens is 2. The summed E-state index contributed by atoms with van der Waals surface area (Å²) in [6, 6.07) is 13.2. The summed E-state index contributed by atoms with van der Waals surface area (Å²) < 4.78 is 1.88. The van der Waals surface area contributed by atoms with Crippen LogP contribution in [0.25, 0.3) is 17.1 Å². The molecule has 0 bridgehead atoms. The molecule has 0 unspecified atom stereocenters. The van der Waals surface area contributed by atoms with Gasteiger partial charge in [0, 0.05) is 29.0 Å². The van der Waals surface area contributed by atoms with Crippen LogP contribution in [-0.4, -0.2) is 14.5 Å². The zero-order valence-corrected chi connectivity index (χ0v) is 11.3. The Bertz CT molecular complexity index is 691. The van der Waals surface area contributed by atoms with Gasteiger partial charge in [-0.1, -0.05) is 23.7 Å². The number of nitrogens with zero attached hydrogens (tertiary/aromatic N) is 3. The molecule has 2 aromatic heterocycles. The Kier molecular flexibility index (Phi) is 3.23. The predicted octanol–water partition coefficient (Wildman–Crippen LogP) is 4.24. The van der Waals surface area contributed by atoms with Gasteiger partial charge < -0.3 is 4.57 Å². The summed E-state index contributed by atoms with van der Waals surface area (Å²) in [6.07, 6.45) is 3.81. The third-order valence-corrected chi connectivity index (χ3v) is 3.12. The van der Waals surface area contributed by atoms with Crippen LogP contribution in [0.15, 0.2) is 54.9 Å². The normalized spacial score (nSPS) is 10.6. The largest absolute Gasteiger partial charge is 0.309 e. The van der Waals surface area contributed by atoms with E-state index in [0.29, 0.717) is 5.02 Å². The molecule has 0 saturated heterocycles. The Labute approximate surface area is 120 Å². The molecule has 0 saturated carbocycles. The first-order chi connectivity index (χ1) is 9.22. The van der Waals surface area contributed by atoms with Gasteiger partial charge in [0.25, 0.3) is 0 Å². The summed E-state index contributed by atoms with van der Waals surface area (Å²) in [5.41, 5.74) is 1.71. The van der Waals surface area contributed by atoms with E-state index in [4.69, 9.17) is 23.2 Å². The lowest BCUT2D eigenvalue weighted by Gasteiger charge is -2.06. The minimum Gasteiger partial charge on any atom is -0.309 e. The van der Waals surface area contributed by atoms with Crippen LogP contribution in [-0.2, 0) is 0 Å². The standard InChI is InChI=1S/C14H9Cl2N3/c15-11-5-3-10(4-6-11)12-9-13(18-14(16)17-12)19-7-1-2-8-19/h1-9H. The van der Waals surface area contributed by atoms with Gasteiger partial charge in [-0.05, 0) is 35.9 Å². The summed E-state index contributed by atoms with van der Waals surface area (Å²) in [5, 5.41) is 0.908. The summed E-state index contributed by atoms with van der Waals surface area (Å²) in [7, 11) is 0. The summed E-state index contributed by atoms with van der Waals surface area (Å²) in [4.78, 5) is 8.45. The van der Waals surface area contributed by atoms with Gasteiger partial charge in [-0.15, -0.1) is 0 Å². The molecular weight excluding hydrogens is 281 g/mol. The van der Waals surface area contributed by atoms with E-state index in [9.17, 15) is 0 Å². The highest BCUT2D eigenvalue weighted by Gasteiger charge is 2.06. The zero-order valence-electron chi connectivity index (χ0n) is 9.79. The molecule has 0 spiro atoms. The molecule has 94 valence electrons. The lowest BCUT2D eigenvalue weighted by molar-refractivity contribution is 0.985. The van der Waals surface area contributed by atoms with E-state index in [1.54, 1.807) is 0 Å². The molecule has 2 heterocycles. The molecule has 0 aliphatic rings. The second kappa shape index (κ2) is 5.03. The summed E-state index contributed by atoms with van der Waals surface area (Å²) >= 11 is 11.9. The molecule has 19 heavy (non-hydrogen) atoms. The van der Waals surface area contributed by atoms with Gasteiger partial charge in [-0.25, -0.2) is 4.98 Å². The van der Waals surface area contributed by atoms with Crippen LogP contribution < -0.4 is 0 Å². The molecule has 1 aromatic carbocycles. The van der Waals surface area contributed by atoms with Gasteiger partial charge in [-0.3, -0.25) is 0 Å². The van der Waals surface area contributed by atoms with Crippen molar-refractivity contribution in [2.45, 2.75) is 0 Å². The van der Waals surface area contributed by atoms with Crippen LogP contribution in [0, 0.1) is 0 Å². The van der Waals surface area contributed by atoms with Crippen LogP contribution in [0.4, 0.5) is 0 Å². The molecule has 0 aliphatic carbocycles. The average Bonchev–Trinajstić information content (AvgIpc) is 2.93. The third-order valence-electron chi connectivity index (χ3n) is 2.69. The Morgan fingerprint density at radius 1 is 0.895 bits per heavy atom. The Balaban J connectivity index is 2.10. The van der Waals surface area contributed by atoms with E-state index in [2.05, 4.69) is 9.97 Å². The van der Waals surface area contributed by atoms with Gasteiger partial charge in [0.1, 0.15) is 5.82 Å². The second-order valence-corrected chi connectivity index (χ2v) is 4.75. The molecule has 0 atom stereocenters. The minimum atomic E-state index is 0.219. The van der Waals surface area contributed by atoms with Gasteiger partial charge in [-0.2, -0.15) is 4.98 Å². The van der Waals surface area contributed by atoms with Gasteiger partial charge in [0.2, 0.25) is 5.28 Å². The second-order valence-electron chi connectivity index (χ2n) is 3.98. The van der Waals surface area contributed by atoms with Crippen molar-refractivity contribution in [1.82, 2.24) is 14.5 Å². The maximum atomic E-state index is 5.99. The fourth-order valence-corrected chi connectivity index (χ4v) is 2.10. The van der Waals surface area contributed by atoms with E-state index in [1.165, 1.54) is 0 Å². The highest BCUT2D eigenvalue weighted by atomic mass is 35.5. The quantitative estimate of drug-likeness (QED) is 0.661. The van der Waals surface area contributed by atoms with Crippen molar-refractivity contribution >= 4 is 23.2 Å². The van der Waals surface area contributed by atoms with Crippen molar-refractivity contribution in [2.24, 2.45) is 0 Å². The molecule has 0 aliphatic heterocycles. The summed E-state index contributed by atoms with van der Waals surface area (Å²) in [6.45, 7) is 0. The van der Waals surface area contributed by atoms with Crippen LogP contribution in [0.1, 0.15) is 0 Å². The van der Waals surface area contributed by atoms with E-state index in [-0.39, 0.29) is 5.28 Å². The molecule has 3 aromatic rings. The molecule has 0 fully saturated rings. The monoisotopic (exact) mass is 289 g/mol. The first-order valence-corrected chi connectivity index (χ1v) is 6.42. The predicted molar refractivity (Wildman–Crippen MR) is 76.8 cm³/mol. The van der Waals surface area contributed by atoms with Crippen LogP contribution in [0.3, 0.4) is 0 Å². The molecule has 0 N–H and O–H groups in total. The topological polar surface area (TPSA) is 30.7 Å². The van der Waals surface area contributed by atoms with Crippen LogP contribution in [0.2, 0.25) is 10.3 Å². The first kappa shape index (κ1) is 12.2. The molecule has 3 rings (SSSR count). The first-order valence-electron chi connectivity index (χ1n) is 5.66. The van der Waals surface area contributed by atoms with Crippen molar-refractivity contribution < 1.29 is 0 Å². The number of hydrogen-bond donors (Lipinski definition) is 0. The van der Waals surface area contributed by atoms with E-state index < -0.39 is 0 Å². The Morgan fingerprint density at radius 3 is 2.26 bits per heavy atom. The van der Waals surface area contributed by atoms with Crippen molar-refractivity contribution in [3.8, 4) is 17.1 Å². The number of hydrogen-bond acceptors (Lipinski definition) is 2. The number of rotatable bonds is 2. The maximum absolute atomic E-state index is 5.99.